The van der Waals surface area contributed by atoms with Gasteiger partial charge in [0.25, 0.3) is 0 Å². The maximum atomic E-state index is 12.2. The molecule has 0 saturated carbocycles. The summed E-state index contributed by atoms with van der Waals surface area (Å²) in [6, 6.07) is 8.14. The largest absolute Gasteiger partial charge is 0.444 e. The van der Waals surface area contributed by atoms with Gasteiger partial charge >= 0.3 is 6.09 Å². The van der Waals surface area contributed by atoms with Crippen molar-refractivity contribution in [2.45, 2.75) is 39.5 Å². The van der Waals surface area contributed by atoms with E-state index in [-0.39, 0.29) is 6.09 Å². The van der Waals surface area contributed by atoms with Crippen LogP contribution in [0.1, 0.15) is 26.5 Å². The van der Waals surface area contributed by atoms with Crippen LogP contribution in [0.4, 0.5) is 4.79 Å². The second-order valence-corrected chi connectivity index (χ2v) is 6.51. The molecule has 0 atom stereocenters. The summed E-state index contributed by atoms with van der Waals surface area (Å²) in [6.07, 6.45) is 3.39. The van der Waals surface area contributed by atoms with Crippen molar-refractivity contribution in [3.05, 3.63) is 42.4 Å². The predicted molar refractivity (Wildman–Crippen MR) is 84.3 cm³/mol. The topological polar surface area (TPSA) is 47.4 Å². The molecule has 0 bridgehead atoms. The normalized spacial score (nSPS) is 14.6. The number of amides is 1. The van der Waals surface area contributed by atoms with E-state index < -0.39 is 5.60 Å². The maximum absolute atomic E-state index is 12.2. The van der Waals surface area contributed by atoms with Gasteiger partial charge in [0.1, 0.15) is 5.60 Å². The van der Waals surface area contributed by atoms with Crippen molar-refractivity contribution in [1.29, 1.82) is 0 Å². The van der Waals surface area contributed by atoms with E-state index in [4.69, 9.17) is 4.74 Å². The number of nitrogens with zero attached hydrogens (tertiary/aromatic N) is 3. The van der Waals surface area contributed by atoms with E-state index in [0.29, 0.717) is 13.1 Å². The smallest absolute Gasteiger partial charge is 0.410 e. The van der Waals surface area contributed by atoms with Crippen LogP contribution < -0.4 is 0 Å². The van der Waals surface area contributed by atoms with Crippen LogP contribution in [-0.2, 0) is 17.8 Å². The maximum Gasteiger partial charge on any atom is 0.410 e. The molecule has 2 aromatic rings. The fourth-order valence-electron chi connectivity index (χ4n) is 2.66. The first-order valence-electron chi connectivity index (χ1n) is 7.51. The molecular weight excluding hydrogens is 278 g/mol. The van der Waals surface area contributed by atoms with E-state index in [0.717, 1.165) is 23.5 Å². The number of ether oxygens (including phenoxy) is 1. The number of carbonyl (C=O) groups is 1. The van der Waals surface area contributed by atoms with Crippen molar-refractivity contribution in [3.8, 4) is 11.3 Å². The van der Waals surface area contributed by atoms with Gasteiger partial charge in [0.05, 0.1) is 6.54 Å². The van der Waals surface area contributed by atoms with Crippen LogP contribution in [0, 0.1) is 0 Å². The van der Waals surface area contributed by atoms with Crippen LogP contribution in [0.15, 0.2) is 36.7 Å². The molecule has 3 rings (SSSR count). The Morgan fingerprint density at radius 3 is 2.73 bits per heavy atom. The average molecular weight is 299 g/mol. The molecule has 0 spiro atoms. The monoisotopic (exact) mass is 299 g/mol. The number of carbonyl (C=O) groups excluding carboxylic acids is 1. The lowest BCUT2D eigenvalue weighted by Gasteiger charge is -2.31. The Labute approximate surface area is 130 Å². The summed E-state index contributed by atoms with van der Waals surface area (Å²) in [6.45, 7) is 7.67. The Bertz CT molecular complexity index is 671. The first kappa shape index (κ1) is 14.6. The van der Waals surface area contributed by atoms with Crippen molar-refractivity contribution in [2.75, 3.05) is 6.54 Å². The SMILES string of the molecule is CC(C)(C)OC(=O)N1CCn2c(ccc2-c2cccnc2)C1. The first-order chi connectivity index (χ1) is 10.4. The van der Waals surface area contributed by atoms with Crippen molar-refractivity contribution in [3.63, 3.8) is 0 Å². The molecule has 1 aliphatic rings. The summed E-state index contributed by atoms with van der Waals surface area (Å²) >= 11 is 0. The number of pyridine rings is 1. The molecule has 0 aromatic carbocycles. The number of aromatic nitrogens is 2. The molecule has 1 aliphatic heterocycles. The quantitative estimate of drug-likeness (QED) is 0.811. The van der Waals surface area contributed by atoms with E-state index in [1.807, 2.05) is 33.0 Å². The molecule has 116 valence electrons. The van der Waals surface area contributed by atoms with Gasteiger partial charge in [0.2, 0.25) is 0 Å². The second-order valence-electron chi connectivity index (χ2n) is 6.51. The van der Waals surface area contributed by atoms with Crippen molar-refractivity contribution < 1.29 is 9.53 Å². The van der Waals surface area contributed by atoms with E-state index >= 15 is 0 Å². The van der Waals surface area contributed by atoms with E-state index in [2.05, 4.69) is 27.8 Å². The van der Waals surface area contributed by atoms with Gasteiger partial charge in [-0.1, -0.05) is 0 Å². The van der Waals surface area contributed by atoms with Crippen LogP contribution in [-0.4, -0.2) is 32.7 Å². The van der Waals surface area contributed by atoms with Crippen molar-refractivity contribution >= 4 is 6.09 Å². The van der Waals surface area contributed by atoms with Gasteiger partial charge in [-0.05, 0) is 45.0 Å². The Balaban J connectivity index is 1.78. The molecule has 1 amide bonds. The molecule has 0 unspecified atom stereocenters. The lowest BCUT2D eigenvalue weighted by molar-refractivity contribution is 0.0199. The molecule has 5 heteroatoms. The van der Waals surface area contributed by atoms with Crippen LogP contribution >= 0.6 is 0 Å². The standard InChI is InChI=1S/C17H21N3O2/c1-17(2,3)22-16(21)19-9-10-20-14(12-19)6-7-15(20)13-5-4-8-18-11-13/h4-8,11H,9-10,12H2,1-3H3. The predicted octanol–water partition coefficient (Wildman–Crippen LogP) is 3.30. The minimum absolute atomic E-state index is 0.247. The van der Waals surface area contributed by atoms with Crippen LogP contribution in [0.25, 0.3) is 11.3 Å². The lowest BCUT2D eigenvalue weighted by atomic mass is 10.2. The van der Waals surface area contributed by atoms with Gasteiger partial charge in [-0.25, -0.2) is 4.79 Å². The Hall–Kier alpha value is -2.30. The zero-order valence-corrected chi connectivity index (χ0v) is 13.2. The highest BCUT2D eigenvalue weighted by molar-refractivity contribution is 5.68. The summed E-state index contributed by atoms with van der Waals surface area (Å²) in [4.78, 5) is 18.1. The Morgan fingerprint density at radius 1 is 1.23 bits per heavy atom. The molecule has 0 N–H and O–H groups in total. The molecule has 3 heterocycles. The summed E-state index contributed by atoms with van der Waals surface area (Å²) < 4.78 is 7.70. The number of fused-ring (bicyclic) bond motifs is 1. The minimum atomic E-state index is -0.461. The van der Waals surface area contributed by atoms with Crippen LogP contribution in [0.2, 0.25) is 0 Å². The lowest BCUT2D eigenvalue weighted by Crippen LogP contribution is -2.41. The fraction of sp³-hybridized carbons (Fsp3) is 0.412. The Morgan fingerprint density at radius 2 is 2.05 bits per heavy atom. The van der Waals surface area contributed by atoms with Gasteiger partial charge in [-0.2, -0.15) is 0 Å². The molecule has 0 fully saturated rings. The average Bonchev–Trinajstić information content (AvgIpc) is 2.89. The van der Waals surface area contributed by atoms with Crippen LogP contribution in [0.3, 0.4) is 0 Å². The van der Waals surface area contributed by atoms with Gasteiger partial charge < -0.3 is 14.2 Å². The summed E-state index contributed by atoms with van der Waals surface area (Å²) in [7, 11) is 0. The van der Waals surface area contributed by atoms with Gasteiger partial charge in [-0.15, -0.1) is 0 Å². The third-order valence-corrected chi connectivity index (χ3v) is 3.63. The zero-order valence-electron chi connectivity index (χ0n) is 13.2. The number of hydrogen-bond donors (Lipinski definition) is 0. The second kappa shape index (κ2) is 5.48. The van der Waals surface area contributed by atoms with Crippen molar-refractivity contribution in [2.24, 2.45) is 0 Å². The van der Waals surface area contributed by atoms with E-state index in [9.17, 15) is 4.79 Å². The molecule has 0 aliphatic carbocycles. The third kappa shape index (κ3) is 2.98. The molecular formula is C17H21N3O2. The van der Waals surface area contributed by atoms with Gasteiger partial charge in [0.15, 0.2) is 0 Å². The molecule has 0 radical (unpaired) electrons. The van der Waals surface area contributed by atoms with Crippen molar-refractivity contribution in [1.82, 2.24) is 14.5 Å². The summed E-state index contributed by atoms with van der Waals surface area (Å²) in [5.74, 6) is 0. The summed E-state index contributed by atoms with van der Waals surface area (Å²) in [5, 5.41) is 0. The van der Waals surface area contributed by atoms with Gasteiger partial charge in [0, 0.05) is 42.4 Å². The Kier molecular flexibility index (Phi) is 3.64. The number of hydrogen-bond acceptors (Lipinski definition) is 3. The highest BCUT2D eigenvalue weighted by Crippen LogP contribution is 2.26. The van der Waals surface area contributed by atoms with Crippen LogP contribution in [0.5, 0.6) is 0 Å². The number of rotatable bonds is 1. The fourth-order valence-corrected chi connectivity index (χ4v) is 2.66. The molecule has 0 saturated heterocycles. The zero-order chi connectivity index (χ0) is 15.7. The minimum Gasteiger partial charge on any atom is -0.444 e. The summed E-state index contributed by atoms with van der Waals surface area (Å²) in [5.41, 5.74) is 2.90. The molecule has 22 heavy (non-hydrogen) atoms. The third-order valence-electron chi connectivity index (χ3n) is 3.63. The van der Waals surface area contributed by atoms with Gasteiger partial charge in [-0.3, -0.25) is 4.98 Å². The molecule has 5 nitrogen and oxygen atoms in total. The molecule has 2 aromatic heterocycles. The first-order valence-corrected chi connectivity index (χ1v) is 7.51. The highest BCUT2D eigenvalue weighted by Gasteiger charge is 2.26. The van der Waals surface area contributed by atoms with E-state index in [1.54, 1.807) is 11.1 Å². The van der Waals surface area contributed by atoms with E-state index in [1.165, 1.54) is 0 Å². The highest BCUT2D eigenvalue weighted by atomic mass is 16.6.